The fraction of sp³-hybridized carbons (Fsp3) is 0.0222. The number of para-hydroxylation sites is 3. The summed E-state index contributed by atoms with van der Waals surface area (Å²) in [5.74, 6) is 0. The smallest absolute Gasteiger partial charge is 0.0541 e. The van der Waals surface area contributed by atoms with Gasteiger partial charge in [0.15, 0.2) is 0 Å². The van der Waals surface area contributed by atoms with Crippen LogP contribution in [0.1, 0.15) is 5.56 Å². The molecular weight excluding hydrogens is 601 g/mol. The van der Waals surface area contributed by atoms with E-state index in [2.05, 4.69) is 180 Å². The second kappa shape index (κ2) is 10.6. The molecule has 0 unspecified atom stereocenters. The highest BCUT2D eigenvalue weighted by Crippen LogP contribution is 2.40. The van der Waals surface area contributed by atoms with Crippen LogP contribution in [0.3, 0.4) is 0 Å². The minimum Gasteiger partial charge on any atom is -0.309 e. The lowest BCUT2D eigenvalue weighted by Crippen LogP contribution is -1.97. The molecule has 3 aromatic heterocycles. The van der Waals surface area contributed by atoms with Gasteiger partial charge in [-0.15, -0.1) is 11.3 Å². The number of rotatable bonds is 4. The molecule has 10 rings (SSSR count). The zero-order valence-electron chi connectivity index (χ0n) is 26.4. The van der Waals surface area contributed by atoms with Gasteiger partial charge < -0.3 is 9.13 Å². The van der Waals surface area contributed by atoms with Crippen LogP contribution in [0.15, 0.2) is 164 Å². The molecule has 0 amide bonds. The van der Waals surface area contributed by atoms with Crippen LogP contribution in [-0.2, 0) is 0 Å². The molecule has 0 saturated heterocycles. The van der Waals surface area contributed by atoms with Gasteiger partial charge in [0.05, 0.1) is 22.1 Å². The molecule has 48 heavy (non-hydrogen) atoms. The maximum atomic E-state index is 2.44. The monoisotopic (exact) mass is 630 g/mol. The Morgan fingerprint density at radius 1 is 0.417 bits per heavy atom. The molecule has 2 nitrogen and oxygen atoms in total. The summed E-state index contributed by atoms with van der Waals surface area (Å²) in [7, 11) is 0. The van der Waals surface area contributed by atoms with Crippen molar-refractivity contribution in [2.45, 2.75) is 6.92 Å². The highest BCUT2D eigenvalue weighted by molar-refractivity contribution is 7.22. The van der Waals surface area contributed by atoms with Crippen LogP contribution in [0, 0.1) is 6.92 Å². The van der Waals surface area contributed by atoms with Crippen LogP contribution < -0.4 is 0 Å². The van der Waals surface area contributed by atoms with Gasteiger partial charge in [-0.05, 0) is 107 Å². The van der Waals surface area contributed by atoms with Gasteiger partial charge in [-0.2, -0.15) is 0 Å². The molecule has 0 aliphatic rings. The minimum absolute atomic E-state index is 1.18. The Hall–Kier alpha value is -5.90. The Morgan fingerprint density at radius 3 is 1.67 bits per heavy atom. The van der Waals surface area contributed by atoms with Crippen molar-refractivity contribution < 1.29 is 0 Å². The quantitative estimate of drug-likeness (QED) is 0.183. The summed E-state index contributed by atoms with van der Waals surface area (Å²) >= 11 is 1.86. The summed E-state index contributed by atoms with van der Waals surface area (Å²) in [4.78, 5) is 1.31. The van der Waals surface area contributed by atoms with Crippen molar-refractivity contribution in [3.8, 4) is 32.9 Å². The Balaban J connectivity index is 1.12. The van der Waals surface area contributed by atoms with Gasteiger partial charge >= 0.3 is 0 Å². The Labute approximate surface area is 282 Å². The number of hydrogen-bond donors (Lipinski definition) is 0. The summed E-state index contributed by atoms with van der Waals surface area (Å²) in [5.41, 5.74) is 12.3. The molecule has 0 saturated carbocycles. The SMILES string of the molecule is Cc1cc(-c2cc3ccccc3s2)ccc1-n1c2ccccc2c2cc(-c3ccc4c(c3)c3ccccc3n4-c3ccccc3)ccc21. The standard InChI is InChI=1S/C45H30N2S/c1-29-25-33(45-28-32-11-5-10-18-44(32)48-45)21-22-39(29)47-41-17-9-7-15-36(41)38-27-31(20-24-43(38)47)30-19-23-42-37(26-30)35-14-6-8-16-40(35)46(42)34-12-3-2-4-13-34/h2-28H,1H3. The van der Waals surface area contributed by atoms with Crippen LogP contribution >= 0.6 is 11.3 Å². The van der Waals surface area contributed by atoms with Crippen molar-refractivity contribution in [1.29, 1.82) is 0 Å². The van der Waals surface area contributed by atoms with E-state index in [9.17, 15) is 0 Å². The van der Waals surface area contributed by atoms with Gasteiger partial charge in [0, 0.05) is 42.5 Å². The van der Waals surface area contributed by atoms with Crippen molar-refractivity contribution in [2.24, 2.45) is 0 Å². The third-order valence-corrected chi connectivity index (χ3v) is 11.0. The van der Waals surface area contributed by atoms with E-state index in [-0.39, 0.29) is 0 Å². The van der Waals surface area contributed by atoms with Crippen LogP contribution in [0.2, 0.25) is 0 Å². The zero-order chi connectivity index (χ0) is 31.8. The van der Waals surface area contributed by atoms with Crippen LogP contribution in [0.5, 0.6) is 0 Å². The topological polar surface area (TPSA) is 9.86 Å². The molecule has 0 atom stereocenters. The number of nitrogens with zero attached hydrogens (tertiary/aromatic N) is 2. The maximum absolute atomic E-state index is 2.44. The fourth-order valence-electron chi connectivity index (χ4n) is 7.60. The molecule has 0 aliphatic heterocycles. The summed E-state index contributed by atoms with van der Waals surface area (Å²) < 4.78 is 6.14. The Morgan fingerprint density at radius 2 is 0.979 bits per heavy atom. The Bertz CT molecular complexity index is 2810. The van der Waals surface area contributed by atoms with Crippen LogP contribution in [0.4, 0.5) is 0 Å². The van der Waals surface area contributed by atoms with Gasteiger partial charge in [-0.1, -0.05) is 91.0 Å². The molecular formula is C45H30N2S. The van der Waals surface area contributed by atoms with E-state index in [4.69, 9.17) is 0 Å². The molecule has 0 N–H and O–H groups in total. The van der Waals surface area contributed by atoms with E-state index in [1.807, 2.05) is 11.3 Å². The molecule has 3 heteroatoms. The molecule has 0 bridgehead atoms. The van der Waals surface area contributed by atoms with E-state index >= 15 is 0 Å². The molecule has 7 aromatic carbocycles. The number of thiophene rings is 1. The summed E-state index contributed by atoms with van der Waals surface area (Å²) in [6, 6.07) is 60.0. The van der Waals surface area contributed by atoms with Crippen molar-refractivity contribution in [2.75, 3.05) is 0 Å². The second-order valence-electron chi connectivity index (χ2n) is 12.7. The van der Waals surface area contributed by atoms with Gasteiger partial charge in [0.2, 0.25) is 0 Å². The van der Waals surface area contributed by atoms with Crippen molar-refractivity contribution in [3.63, 3.8) is 0 Å². The molecule has 0 aliphatic carbocycles. The first kappa shape index (κ1) is 27.2. The predicted molar refractivity (Wildman–Crippen MR) is 206 cm³/mol. The lowest BCUT2D eigenvalue weighted by molar-refractivity contribution is 1.15. The van der Waals surface area contributed by atoms with E-state index in [1.54, 1.807) is 0 Å². The highest BCUT2D eigenvalue weighted by atomic mass is 32.1. The van der Waals surface area contributed by atoms with Gasteiger partial charge in [-0.3, -0.25) is 0 Å². The van der Waals surface area contributed by atoms with Gasteiger partial charge in [-0.25, -0.2) is 0 Å². The minimum atomic E-state index is 1.18. The third kappa shape index (κ3) is 4.11. The molecule has 10 aromatic rings. The third-order valence-electron chi connectivity index (χ3n) is 9.84. The summed E-state index contributed by atoms with van der Waals surface area (Å²) in [5, 5.41) is 6.37. The number of aryl methyl sites for hydroxylation is 1. The van der Waals surface area contributed by atoms with Crippen LogP contribution in [-0.4, -0.2) is 9.13 Å². The molecule has 226 valence electrons. The number of aromatic nitrogens is 2. The normalized spacial score (nSPS) is 11.9. The average Bonchev–Trinajstić information content (AvgIpc) is 3.82. The molecule has 0 radical (unpaired) electrons. The zero-order valence-corrected chi connectivity index (χ0v) is 27.2. The van der Waals surface area contributed by atoms with E-state index in [0.29, 0.717) is 0 Å². The Kier molecular flexibility index (Phi) is 5.99. The predicted octanol–water partition coefficient (Wildman–Crippen LogP) is 12.7. The first-order chi connectivity index (χ1) is 23.7. The number of fused-ring (bicyclic) bond motifs is 7. The molecule has 0 fully saturated rings. The fourth-order valence-corrected chi connectivity index (χ4v) is 8.66. The van der Waals surface area contributed by atoms with Gasteiger partial charge in [0.1, 0.15) is 0 Å². The van der Waals surface area contributed by atoms with Crippen molar-refractivity contribution in [3.05, 3.63) is 169 Å². The lowest BCUT2D eigenvalue weighted by Gasteiger charge is -2.13. The van der Waals surface area contributed by atoms with Crippen LogP contribution in [0.25, 0.3) is 86.6 Å². The van der Waals surface area contributed by atoms with Crippen molar-refractivity contribution in [1.82, 2.24) is 9.13 Å². The van der Waals surface area contributed by atoms with E-state index < -0.39 is 0 Å². The van der Waals surface area contributed by atoms with Gasteiger partial charge in [0.25, 0.3) is 0 Å². The van der Waals surface area contributed by atoms with E-state index in [0.717, 1.165) is 0 Å². The number of hydrogen-bond acceptors (Lipinski definition) is 1. The first-order valence-electron chi connectivity index (χ1n) is 16.4. The lowest BCUT2D eigenvalue weighted by atomic mass is 10.0. The molecule has 0 spiro atoms. The average molecular weight is 631 g/mol. The highest BCUT2D eigenvalue weighted by Gasteiger charge is 2.17. The largest absolute Gasteiger partial charge is 0.309 e. The van der Waals surface area contributed by atoms with Crippen molar-refractivity contribution >= 4 is 65.0 Å². The molecule has 3 heterocycles. The second-order valence-corrected chi connectivity index (χ2v) is 13.7. The van der Waals surface area contributed by atoms with E-state index in [1.165, 1.54) is 92.2 Å². The summed E-state index contributed by atoms with van der Waals surface area (Å²) in [6.07, 6.45) is 0. The first-order valence-corrected chi connectivity index (χ1v) is 17.3. The summed E-state index contributed by atoms with van der Waals surface area (Å²) in [6.45, 7) is 2.24. The number of benzene rings is 7. The maximum Gasteiger partial charge on any atom is 0.0541 e.